The summed E-state index contributed by atoms with van der Waals surface area (Å²) in [6, 6.07) is 6.75. The Bertz CT molecular complexity index is 1100. The first-order valence-electron chi connectivity index (χ1n) is 9.84. The van der Waals surface area contributed by atoms with E-state index in [4.69, 9.17) is 0 Å². The molecule has 0 aliphatic carbocycles. The summed E-state index contributed by atoms with van der Waals surface area (Å²) in [5, 5.41) is 7.62. The Morgan fingerprint density at radius 3 is 2.79 bits per heavy atom. The van der Waals surface area contributed by atoms with Crippen LogP contribution in [0.5, 0.6) is 0 Å². The van der Waals surface area contributed by atoms with Crippen LogP contribution in [-0.2, 0) is 23.5 Å². The van der Waals surface area contributed by atoms with Crippen molar-refractivity contribution in [1.82, 2.24) is 14.7 Å². The molecule has 2 aliphatic heterocycles. The molecular weight excluding hydrogens is 390 g/mol. The molecule has 0 saturated carbocycles. The minimum atomic E-state index is -3.74. The lowest BCUT2D eigenvalue weighted by atomic mass is 9.96. The number of benzene rings is 1. The predicted molar refractivity (Wildman–Crippen MR) is 111 cm³/mol. The SMILES string of the molecule is CCc1nn(C)c(C(=O)N2CCC[C@H](C3=NS(=O)(=O)c4ccccc4N3)C2)c1C. The van der Waals surface area contributed by atoms with Gasteiger partial charge in [0.2, 0.25) is 0 Å². The number of aromatic nitrogens is 2. The van der Waals surface area contributed by atoms with Crippen LogP contribution in [0.1, 0.15) is 41.5 Å². The van der Waals surface area contributed by atoms with Crippen molar-refractivity contribution in [3.8, 4) is 0 Å². The minimum Gasteiger partial charge on any atom is -0.342 e. The second-order valence-electron chi connectivity index (χ2n) is 7.56. The number of likely N-dealkylation sites (tertiary alicyclic amines) is 1. The third-order valence-electron chi connectivity index (χ3n) is 5.66. The first-order valence-corrected chi connectivity index (χ1v) is 11.3. The summed E-state index contributed by atoms with van der Waals surface area (Å²) < 4.78 is 30.8. The molecule has 154 valence electrons. The Labute approximate surface area is 170 Å². The largest absolute Gasteiger partial charge is 0.342 e. The molecule has 1 aromatic heterocycles. The Morgan fingerprint density at radius 2 is 2.07 bits per heavy atom. The summed E-state index contributed by atoms with van der Waals surface area (Å²) >= 11 is 0. The van der Waals surface area contributed by atoms with Gasteiger partial charge in [0.15, 0.2) is 0 Å². The lowest BCUT2D eigenvalue weighted by Crippen LogP contribution is -2.45. The van der Waals surface area contributed by atoms with Crippen LogP contribution in [0.3, 0.4) is 0 Å². The highest BCUT2D eigenvalue weighted by Crippen LogP contribution is 2.30. The average molecular weight is 416 g/mol. The van der Waals surface area contributed by atoms with Gasteiger partial charge in [-0.05, 0) is 38.3 Å². The number of nitrogens with zero attached hydrogens (tertiary/aromatic N) is 4. The van der Waals surface area contributed by atoms with Gasteiger partial charge in [-0.3, -0.25) is 9.48 Å². The number of nitrogens with one attached hydrogen (secondary N) is 1. The van der Waals surface area contributed by atoms with Gasteiger partial charge in [-0.15, -0.1) is 4.40 Å². The highest BCUT2D eigenvalue weighted by Gasteiger charge is 2.34. The lowest BCUT2D eigenvalue weighted by Gasteiger charge is -2.34. The maximum absolute atomic E-state index is 13.2. The Hall–Kier alpha value is -2.68. The number of para-hydroxylation sites is 1. The van der Waals surface area contributed by atoms with E-state index in [1.165, 1.54) is 0 Å². The predicted octanol–water partition coefficient (Wildman–Crippen LogP) is 2.36. The van der Waals surface area contributed by atoms with Gasteiger partial charge in [0.05, 0.1) is 11.4 Å². The molecule has 0 spiro atoms. The number of carbonyl (C=O) groups excluding carboxylic acids is 1. The number of anilines is 1. The van der Waals surface area contributed by atoms with Crippen LogP contribution in [0, 0.1) is 12.8 Å². The number of carbonyl (C=O) groups is 1. The number of fused-ring (bicyclic) bond motifs is 1. The first-order chi connectivity index (χ1) is 13.8. The van der Waals surface area contributed by atoms with Gasteiger partial charge in [-0.25, -0.2) is 0 Å². The molecule has 0 bridgehead atoms. The van der Waals surface area contributed by atoms with Gasteiger partial charge in [0, 0.05) is 31.6 Å². The summed E-state index contributed by atoms with van der Waals surface area (Å²) in [6.07, 6.45) is 2.34. The van der Waals surface area contributed by atoms with Crippen molar-refractivity contribution in [2.45, 2.75) is 38.0 Å². The third kappa shape index (κ3) is 3.43. The molecule has 1 saturated heterocycles. The second kappa shape index (κ2) is 7.29. The summed E-state index contributed by atoms with van der Waals surface area (Å²) in [5.41, 5.74) is 2.97. The van der Waals surface area contributed by atoms with Crippen LogP contribution < -0.4 is 5.32 Å². The van der Waals surface area contributed by atoms with Gasteiger partial charge < -0.3 is 10.2 Å². The van der Waals surface area contributed by atoms with E-state index in [1.54, 1.807) is 40.9 Å². The van der Waals surface area contributed by atoms with Crippen molar-refractivity contribution in [3.05, 3.63) is 41.2 Å². The molecule has 1 N–H and O–H groups in total. The number of amides is 1. The number of amidine groups is 1. The van der Waals surface area contributed by atoms with Crippen LogP contribution in [-0.4, -0.2) is 47.9 Å². The zero-order valence-corrected chi connectivity index (χ0v) is 17.7. The first kappa shape index (κ1) is 19.6. The summed E-state index contributed by atoms with van der Waals surface area (Å²) in [5.74, 6) is 0.189. The number of sulfonamides is 1. The van der Waals surface area contributed by atoms with E-state index in [2.05, 4.69) is 14.8 Å². The second-order valence-corrected chi connectivity index (χ2v) is 9.13. The number of piperidine rings is 1. The van der Waals surface area contributed by atoms with Crippen LogP contribution in [0.15, 0.2) is 33.6 Å². The van der Waals surface area contributed by atoms with Gasteiger partial charge >= 0.3 is 0 Å². The number of aryl methyl sites for hydroxylation is 2. The number of rotatable bonds is 3. The maximum atomic E-state index is 13.2. The highest BCUT2D eigenvalue weighted by atomic mass is 32.2. The summed E-state index contributed by atoms with van der Waals surface area (Å²) in [6.45, 7) is 5.01. The van der Waals surface area contributed by atoms with E-state index in [1.807, 2.05) is 13.8 Å². The fourth-order valence-electron chi connectivity index (χ4n) is 4.17. The molecule has 29 heavy (non-hydrogen) atoms. The Morgan fingerprint density at radius 1 is 1.31 bits per heavy atom. The quantitative estimate of drug-likeness (QED) is 0.830. The molecule has 1 atom stereocenters. The Kier molecular flexibility index (Phi) is 4.94. The van der Waals surface area contributed by atoms with Gasteiger partial charge in [0.25, 0.3) is 15.9 Å². The number of hydrogen-bond donors (Lipinski definition) is 1. The monoisotopic (exact) mass is 415 g/mol. The Balaban J connectivity index is 1.59. The molecule has 9 heteroatoms. The van der Waals surface area contributed by atoms with Crippen LogP contribution >= 0.6 is 0 Å². The van der Waals surface area contributed by atoms with Crippen LogP contribution in [0.25, 0.3) is 0 Å². The molecule has 2 aliphatic rings. The average Bonchev–Trinajstić information content (AvgIpc) is 3.00. The van der Waals surface area contributed by atoms with Crippen molar-refractivity contribution >= 4 is 27.5 Å². The molecule has 3 heterocycles. The van der Waals surface area contributed by atoms with Crippen molar-refractivity contribution in [2.75, 3.05) is 18.4 Å². The molecule has 4 rings (SSSR count). The fourth-order valence-corrected chi connectivity index (χ4v) is 5.37. The van der Waals surface area contributed by atoms with Gasteiger partial charge in [0.1, 0.15) is 16.4 Å². The third-order valence-corrected chi connectivity index (χ3v) is 7.01. The van der Waals surface area contributed by atoms with Crippen molar-refractivity contribution < 1.29 is 13.2 Å². The standard InChI is InChI=1S/C20H25N5O3S/c1-4-15-13(2)18(24(3)22-15)20(26)25-11-7-8-14(12-25)19-21-16-9-5-6-10-17(16)29(27,28)23-19/h5-6,9-10,14H,4,7-8,11-12H2,1-3H3,(H,21,23)/t14-/m0/s1. The fraction of sp³-hybridized carbons (Fsp3) is 0.450. The van der Waals surface area contributed by atoms with Crippen molar-refractivity contribution in [3.63, 3.8) is 0 Å². The summed E-state index contributed by atoms with van der Waals surface area (Å²) in [7, 11) is -1.95. The van der Waals surface area contributed by atoms with E-state index in [0.717, 1.165) is 30.5 Å². The topological polar surface area (TPSA) is 96.7 Å². The molecule has 2 aromatic rings. The van der Waals surface area contributed by atoms with E-state index in [0.29, 0.717) is 30.3 Å². The molecular formula is C20H25N5O3S. The van der Waals surface area contributed by atoms with E-state index in [9.17, 15) is 13.2 Å². The smallest absolute Gasteiger partial charge is 0.286 e. The molecule has 8 nitrogen and oxygen atoms in total. The minimum absolute atomic E-state index is 0.0680. The van der Waals surface area contributed by atoms with Gasteiger partial charge in [-0.1, -0.05) is 19.1 Å². The van der Waals surface area contributed by atoms with E-state index in [-0.39, 0.29) is 16.7 Å². The van der Waals surface area contributed by atoms with Crippen molar-refractivity contribution in [1.29, 1.82) is 0 Å². The van der Waals surface area contributed by atoms with E-state index >= 15 is 0 Å². The van der Waals surface area contributed by atoms with Crippen LogP contribution in [0.4, 0.5) is 5.69 Å². The number of hydrogen-bond acceptors (Lipinski definition) is 5. The molecule has 0 unspecified atom stereocenters. The normalized spacial score (nSPS) is 20.6. The lowest BCUT2D eigenvalue weighted by molar-refractivity contribution is 0.0691. The van der Waals surface area contributed by atoms with Gasteiger partial charge in [-0.2, -0.15) is 13.5 Å². The van der Waals surface area contributed by atoms with Crippen molar-refractivity contribution in [2.24, 2.45) is 17.4 Å². The summed E-state index contributed by atoms with van der Waals surface area (Å²) in [4.78, 5) is 15.2. The molecule has 1 amide bonds. The highest BCUT2D eigenvalue weighted by molar-refractivity contribution is 7.90. The van der Waals surface area contributed by atoms with Crippen LogP contribution in [0.2, 0.25) is 0 Å². The zero-order valence-electron chi connectivity index (χ0n) is 16.8. The van der Waals surface area contributed by atoms with E-state index < -0.39 is 10.0 Å². The maximum Gasteiger partial charge on any atom is 0.286 e. The molecule has 1 aromatic carbocycles. The molecule has 0 radical (unpaired) electrons. The zero-order chi connectivity index (χ0) is 20.8. The molecule has 1 fully saturated rings.